The first-order valence-electron chi connectivity index (χ1n) is 5.33. The van der Waals surface area contributed by atoms with E-state index < -0.39 is 0 Å². The molecule has 2 aromatic rings. The zero-order valence-corrected chi connectivity index (χ0v) is 9.09. The van der Waals surface area contributed by atoms with Gasteiger partial charge in [0.2, 0.25) is 0 Å². The number of rotatable bonds is 1. The summed E-state index contributed by atoms with van der Waals surface area (Å²) in [5.41, 5.74) is 3.27. The van der Waals surface area contributed by atoms with Crippen LogP contribution in [0.3, 0.4) is 0 Å². The molecule has 4 nitrogen and oxygen atoms in total. The van der Waals surface area contributed by atoms with Gasteiger partial charge < -0.3 is 4.57 Å². The summed E-state index contributed by atoms with van der Waals surface area (Å²) in [7, 11) is 0. The molecule has 0 bridgehead atoms. The summed E-state index contributed by atoms with van der Waals surface area (Å²) in [6.07, 6.45) is 5.50. The van der Waals surface area contributed by atoms with E-state index in [0.717, 1.165) is 35.9 Å². The van der Waals surface area contributed by atoms with Gasteiger partial charge >= 0.3 is 0 Å². The number of imidazole rings is 1. The second-order valence-electron chi connectivity index (χ2n) is 3.83. The van der Waals surface area contributed by atoms with Crippen molar-refractivity contribution in [2.45, 2.75) is 13.5 Å². The van der Waals surface area contributed by atoms with Crippen LogP contribution >= 0.6 is 0 Å². The Morgan fingerprint density at radius 3 is 2.88 bits per heavy atom. The van der Waals surface area contributed by atoms with Crippen LogP contribution in [-0.2, 0) is 6.54 Å². The lowest BCUT2D eigenvalue weighted by Crippen LogP contribution is -2.12. The zero-order valence-electron chi connectivity index (χ0n) is 9.09. The lowest BCUT2D eigenvalue weighted by atomic mass is 10.2. The van der Waals surface area contributed by atoms with Crippen molar-refractivity contribution in [1.29, 1.82) is 0 Å². The average molecular weight is 212 g/mol. The van der Waals surface area contributed by atoms with Gasteiger partial charge in [0, 0.05) is 30.7 Å². The lowest BCUT2D eigenvalue weighted by molar-refractivity contribution is 0.697. The smallest absolute Gasteiger partial charge is 0.140 e. The third-order valence-electron chi connectivity index (χ3n) is 2.80. The van der Waals surface area contributed by atoms with Crippen molar-refractivity contribution in [3.8, 4) is 11.4 Å². The van der Waals surface area contributed by atoms with Gasteiger partial charge in [0.25, 0.3) is 0 Å². The van der Waals surface area contributed by atoms with Crippen molar-refractivity contribution in [3.05, 3.63) is 35.9 Å². The maximum atomic E-state index is 4.61. The maximum absolute atomic E-state index is 4.61. The molecule has 0 unspecified atom stereocenters. The molecule has 0 spiro atoms. The number of hydrogen-bond donors (Lipinski definition) is 0. The van der Waals surface area contributed by atoms with E-state index >= 15 is 0 Å². The van der Waals surface area contributed by atoms with Crippen molar-refractivity contribution < 1.29 is 0 Å². The van der Waals surface area contributed by atoms with Gasteiger partial charge in [-0.2, -0.15) is 0 Å². The van der Waals surface area contributed by atoms with E-state index in [0.29, 0.717) is 0 Å². The predicted octanol–water partition coefficient (Wildman–Crippen LogP) is 1.69. The molecule has 0 aromatic carbocycles. The minimum absolute atomic E-state index is 0.834. The molecule has 3 heterocycles. The first kappa shape index (κ1) is 9.27. The van der Waals surface area contributed by atoms with Crippen molar-refractivity contribution in [3.63, 3.8) is 0 Å². The van der Waals surface area contributed by atoms with Crippen LogP contribution in [0.5, 0.6) is 0 Å². The molecular weight excluding hydrogens is 200 g/mol. The largest absolute Gasteiger partial charge is 0.321 e. The fourth-order valence-corrected chi connectivity index (χ4v) is 2.01. The lowest BCUT2D eigenvalue weighted by Gasteiger charge is -2.11. The highest BCUT2D eigenvalue weighted by atomic mass is 15.1. The molecule has 16 heavy (non-hydrogen) atoms. The zero-order chi connectivity index (χ0) is 11.0. The Morgan fingerprint density at radius 1 is 1.25 bits per heavy atom. The summed E-state index contributed by atoms with van der Waals surface area (Å²) in [6.45, 7) is 3.76. The van der Waals surface area contributed by atoms with E-state index in [4.69, 9.17) is 0 Å². The van der Waals surface area contributed by atoms with Crippen LogP contribution in [0, 0.1) is 6.92 Å². The molecule has 1 aliphatic rings. The van der Waals surface area contributed by atoms with E-state index in [9.17, 15) is 0 Å². The average Bonchev–Trinajstić information content (AvgIpc) is 2.69. The highest BCUT2D eigenvalue weighted by Gasteiger charge is 2.15. The maximum Gasteiger partial charge on any atom is 0.140 e. The third kappa shape index (κ3) is 1.34. The minimum Gasteiger partial charge on any atom is -0.321 e. The van der Waals surface area contributed by atoms with Crippen molar-refractivity contribution in [1.82, 2.24) is 14.5 Å². The van der Waals surface area contributed by atoms with Crippen LogP contribution in [0.15, 0.2) is 29.5 Å². The minimum atomic E-state index is 0.834. The topological polar surface area (TPSA) is 43.1 Å². The molecule has 0 N–H and O–H groups in total. The van der Waals surface area contributed by atoms with Crippen LogP contribution in [-0.4, -0.2) is 27.3 Å². The van der Waals surface area contributed by atoms with Gasteiger partial charge in [0.15, 0.2) is 0 Å². The van der Waals surface area contributed by atoms with Crippen molar-refractivity contribution >= 4 is 6.21 Å². The fraction of sp³-hybridized carbons (Fsp3) is 0.250. The van der Waals surface area contributed by atoms with Gasteiger partial charge in [-0.3, -0.25) is 9.98 Å². The fourth-order valence-electron chi connectivity index (χ4n) is 2.01. The number of aromatic nitrogens is 3. The van der Waals surface area contributed by atoms with Crippen LogP contribution in [0.4, 0.5) is 0 Å². The Bertz CT molecular complexity index is 540. The SMILES string of the molecule is Cc1nc(-c2ccncc2)n2c1C=NCC2. The van der Waals surface area contributed by atoms with E-state index in [1.54, 1.807) is 12.4 Å². The molecule has 0 aliphatic carbocycles. The van der Waals surface area contributed by atoms with E-state index in [1.165, 1.54) is 0 Å². The highest BCUT2D eigenvalue weighted by Crippen LogP contribution is 2.22. The monoisotopic (exact) mass is 212 g/mol. The standard InChI is InChI=1S/C12H12N4/c1-9-11-8-14-6-7-16(11)12(15-9)10-2-4-13-5-3-10/h2-5,8H,6-7H2,1H3. The Labute approximate surface area is 93.7 Å². The number of hydrogen-bond acceptors (Lipinski definition) is 3. The van der Waals surface area contributed by atoms with E-state index in [-0.39, 0.29) is 0 Å². The molecule has 0 fully saturated rings. The Hall–Kier alpha value is -1.97. The molecule has 0 radical (unpaired) electrons. The summed E-state index contributed by atoms with van der Waals surface area (Å²) in [6, 6.07) is 3.97. The first-order chi connectivity index (χ1) is 7.86. The molecule has 2 aromatic heterocycles. The second-order valence-corrected chi connectivity index (χ2v) is 3.83. The number of aliphatic imine (C=N–C) groups is 1. The summed E-state index contributed by atoms with van der Waals surface area (Å²) < 4.78 is 2.22. The summed E-state index contributed by atoms with van der Waals surface area (Å²) in [4.78, 5) is 12.9. The van der Waals surface area contributed by atoms with E-state index in [2.05, 4.69) is 19.5 Å². The molecule has 80 valence electrons. The van der Waals surface area contributed by atoms with Crippen molar-refractivity contribution in [2.75, 3.05) is 6.54 Å². The Kier molecular flexibility index (Phi) is 2.06. The van der Waals surface area contributed by atoms with Crippen LogP contribution in [0.1, 0.15) is 11.4 Å². The predicted molar refractivity (Wildman–Crippen MR) is 62.7 cm³/mol. The quantitative estimate of drug-likeness (QED) is 0.722. The molecule has 3 rings (SSSR count). The van der Waals surface area contributed by atoms with Gasteiger partial charge in [-0.05, 0) is 19.1 Å². The number of nitrogens with zero attached hydrogens (tertiary/aromatic N) is 4. The first-order valence-corrected chi connectivity index (χ1v) is 5.33. The number of fused-ring (bicyclic) bond motifs is 1. The van der Waals surface area contributed by atoms with Gasteiger partial charge in [-0.1, -0.05) is 0 Å². The normalized spacial score (nSPS) is 13.8. The van der Waals surface area contributed by atoms with Gasteiger partial charge in [-0.15, -0.1) is 0 Å². The van der Waals surface area contributed by atoms with Gasteiger partial charge in [-0.25, -0.2) is 4.98 Å². The molecule has 4 heteroatoms. The number of aryl methyl sites for hydroxylation is 1. The van der Waals surface area contributed by atoms with Crippen LogP contribution in [0.25, 0.3) is 11.4 Å². The molecule has 1 aliphatic heterocycles. The van der Waals surface area contributed by atoms with Gasteiger partial charge in [0.1, 0.15) is 5.82 Å². The summed E-state index contributed by atoms with van der Waals surface area (Å²) in [5.74, 6) is 1.01. The van der Waals surface area contributed by atoms with E-state index in [1.807, 2.05) is 25.3 Å². The van der Waals surface area contributed by atoms with Crippen LogP contribution in [0.2, 0.25) is 0 Å². The Morgan fingerprint density at radius 2 is 2.06 bits per heavy atom. The second kappa shape index (κ2) is 3.56. The van der Waals surface area contributed by atoms with Gasteiger partial charge in [0.05, 0.1) is 17.9 Å². The van der Waals surface area contributed by atoms with Crippen molar-refractivity contribution in [2.24, 2.45) is 4.99 Å². The Balaban J connectivity index is 2.19. The third-order valence-corrected chi connectivity index (χ3v) is 2.80. The molecule has 0 saturated heterocycles. The molecule has 0 amide bonds. The number of pyridine rings is 1. The molecule has 0 saturated carbocycles. The van der Waals surface area contributed by atoms with Crippen LogP contribution < -0.4 is 0 Å². The molecular formula is C12H12N4. The summed E-state index contributed by atoms with van der Waals surface area (Å²) >= 11 is 0. The molecule has 0 atom stereocenters. The highest BCUT2D eigenvalue weighted by molar-refractivity contribution is 5.81. The summed E-state index contributed by atoms with van der Waals surface area (Å²) in [5, 5.41) is 0.